The molecule has 1 aromatic heterocycles. The molecule has 0 aliphatic rings. The van der Waals surface area contributed by atoms with Crippen LogP contribution in [0.4, 0.5) is 0 Å². The van der Waals surface area contributed by atoms with Crippen LogP contribution in [0, 0.1) is 0 Å². The van der Waals surface area contributed by atoms with Gasteiger partial charge in [-0.1, -0.05) is 39.0 Å². The second-order valence-corrected chi connectivity index (χ2v) is 4.90. The van der Waals surface area contributed by atoms with Crippen LogP contribution < -0.4 is 5.69 Å². The van der Waals surface area contributed by atoms with E-state index in [0.29, 0.717) is 0 Å². The monoisotopic (exact) mass is 216 g/mol. The fraction of sp³-hybridized carbons (Fsp3) is 0.308. The van der Waals surface area contributed by atoms with Crippen molar-refractivity contribution in [3.05, 3.63) is 52.7 Å². The van der Waals surface area contributed by atoms with Gasteiger partial charge < -0.3 is 4.98 Å². The van der Waals surface area contributed by atoms with Crippen molar-refractivity contribution >= 4 is 0 Å². The fourth-order valence-corrected chi connectivity index (χ4v) is 1.83. The van der Waals surface area contributed by atoms with E-state index in [-0.39, 0.29) is 11.1 Å². The maximum absolute atomic E-state index is 11.6. The highest BCUT2D eigenvalue weighted by atomic mass is 16.1. The normalized spacial score (nSPS) is 11.7. The van der Waals surface area contributed by atoms with Crippen LogP contribution in [0.15, 0.2) is 41.5 Å². The molecular formula is C13H16N2O. The zero-order valence-corrected chi connectivity index (χ0v) is 9.82. The molecule has 0 radical (unpaired) electrons. The third-order valence-electron chi connectivity index (χ3n) is 2.62. The Labute approximate surface area is 94.7 Å². The number of nitrogens with one attached hydrogen (secondary N) is 1. The number of H-pyrrole nitrogens is 1. The molecule has 0 aliphatic carbocycles. The quantitative estimate of drug-likeness (QED) is 0.781. The Morgan fingerprint density at radius 3 is 2.44 bits per heavy atom. The van der Waals surface area contributed by atoms with Gasteiger partial charge in [-0.25, -0.2) is 4.79 Å². The summed E-state index contributed by atoms with van der Waals surface area (Å²) in [7, 11) is 0. The minimum atomic E-state index is -0.100. The number of nitrogens with zero attached hydrogens (tertiary/aromatic N) is 1. The molecule has 0 atom stereocenters. The summed E-state index contributed by atoms with van der Waals surface area (Å²) in [5.41, 5.74) is 2.03. The molecule has 1 N–H and O–H groups in total. The molecule has 0 saturated heterocycles. The van der Waals surface area contributed by atoms with Crippen LogP contribution in [0.3, 0.4) is 0 Å². The van der Waals surface area contributed by atoms with Crippen LogP contribution >= 0.6 is 0 Å². The maximum Gasteiger partial charge on any atom is 0.330 e. The first-order valence-electron chi connectivity index (χ1n) is 5.36. The van der Waals surface area contributed by atoms with Gasteiger partial charge in [-0.15, -0.1) is 0 Å². The van der Waals surface area contributed by atoms with E-state index in [1.54, 1.807) is 17.0 Å². The lowest BCUT2D eigenvalue weighted by Gasteiger charge is -2.22. The number of rotatable bonds is 1. The predicted octanol–water partition coefficient (Wildman–Crippen LogP) is 2.46. The molecule has 0 spiro atoms. The molecule has 0 saturated carbocycles. The summed E-state index contributed by atoms with van der Waals surface area (Å²) in [5.74, 6) is 0. The second-order valence-electron chi connectivity index (χ2n) is 4.90. The second kappa shape index (κ2) is 3.67. The summed E-state index contributed by atoms with van der Waals surface area (Å²) < 4.78 is 1.64. The molecule has 16 heavy (non-hydrogen) atoms. The topological polar surface area (TPSA) is 37.8 Å². The summed E-state index contributed by atoms with van der Waals surface area (Å²) in [6.07, 6.45) is 3.41. The van der Waals surface area contributed by atoms with E-state index in [1.165, 1.54) is 0 Å². The Morgan fingerprint density at radius 1 is 1.19 bits per heavy atom. The van der Waals surface area contributed by atoms with Crippen molar-refractivity contribution in [1.29, 1.82) is 0 Å². The average molecular weight is 216 g/mol. The highest BCUT2D eigenvalue weighted by molar-refractivity contribution is 5.44. The van der Waals surface area contributed by atoms with Gasteiger partial charge in [0.2, 0.25) is 0 Å². The molecule has 0 fully saturated rings. The van der Waals surface area contributed by atoms with E-state index in [2.05, 4.69) is 31.8 Å². The van der Waals surface area contributed by atoms with Gasteiger partial charge in [0.05, 0.1) is 5.69 Å². The number of aromatic nitrogens is 2. The lowest BCUT2D eigenvalue weighted by Crippen LogP contribution is -2.20. The Bertz CT molecular complexity index is 543. The average Bonchev–Trinajstić information content (AvgIpc) is 2.63. The van der Waals surface area contributed by atoms with Crippen molar-refractivity contribution in [2.75, 3.05) is 0 Å². The van der Waals surface area contributed by atoms with E-state index in [4.69, 9.17) is 0 Å². The Kier molecular flexibility index (Phi) is 2.46. The van der Waals surface area contributed by atoms with Gasteiger partial charge in [0.1, 0.15) is 0 Å². The van der Waals surface area contributed by atoms with Crippen molar-refractivity contribution < 1.29 is 0 Å². The molecule has 3 heteroatoms. The van der Waals surface area contributed by atoms with Gasteiger partial charge in [-0.05, 0) is 17.0 Å². The number of hydrogen-bond donors (Lipinski definition) is 1. The van der Waals surface area contributed by atoms with Crippen LogP contribution in [0.25, 0.3) is 5.69 Å². The van der Waals surface area contributed by atoms with E-state index in [0.717, 1.165) is 11.3 Å². The molecule has 0 bridgehead atoms. The van der Waals surface area contributed by atoms with Crippen molar-refractivity contribution in [2.24, 2.45) is 0 Å². The first-order chi connectivity index (χ1) is 7.50. The first-order valence-corrected chi connectivity index (χ1v) is 5.36. The summed E-state index contributed by atoms with van der Waals surface area (Å²) in [6, 6.07) is 7.98. The molecule has 1 heterocycles. The van der Waals surface area contributed by atoms with E-state index in [1.807, 2.05) is 18.2 Å². The van der Waals surface area contributed by atoms with Crippen LogP contribution in [-0.4, -0.2) is 9.55 Å². The highest BCUT2D eigenvalue weighted by Gasteiger charge is 2.18. The van der Waals surface area contributed by atoms with Crippen molar-refractivity contribution in [3.8, 4) is 5.69 Å². The molecule has 1 aromatic carbocycles. The first kappa shape index (κ1) is 10.7. The lowest BCUT2D eigenvalue weighted by atomic mass is 9.86. The predicted molar refractivity (Wildman–Crippen MR) is 65.1 cm³/mol. The number of imidazole rings is 1. The maximum atomic E-state index is 11.6. The number of benzene rings is 1. The van der Waals surface area contributed by atoms with Gasteiger partial charge in [-0.3, -0.25) is 4.57 Å². The highest BCUT2D eigenvalue weighted by Crippen LogP contribution is 2.27. The molecule has 84 valence electrons. The molecule has 3 nitrogen and oxygen atoms in total. The van der Waals surface area contributed by atoms with Gasteiger partial charge in [0, 0.05) is 12.4 Å². The Morgan fingerprint density at radius 2 is 1.88 bits per heavy atom. The molecule has 2 aromatic rings. The summed E-state index contributed by atoms with van der Waals surface area (Å²) >= 11 is 0. The lowest BCUT2D eigenvalue weighted by molar-refractivity contribution is 0.585. The summed E-state index contributed by atoms with van der Waals surface area (Å²) in [5, 5.41) is 0. The Hall–Kier alpha value is -1.77. The van der Waals surface area contributed by atoms with Gasteiger partial charge in [0.15, 0.2) is 0 Å². The molecule has 0 amide bonds. The van der Waals surface area contributed by atoms with Crippen LogP contribution in [0.2, 0.25) is 0 Å². The minimum absolute atomic E-state index is 0.0211. The minimum Gasteiger partial charge on any atom is -0.312 e. The van der Waals surface area contributed by atoms with Gasteiger partial charge in [-0.2, -0.15) is 0 Å². The van der Waals surface area contributed by atoms with Crippen LogP contribution in [-0.2, 0) is 5.41 Å². The standard InChI is InChI=1S/C13H16N2O/c1-13(2,3)10-6-4-5-7-11(10)15-9-8-14-12(15)16/h4-9H,1-3H3,(H,14,16). The summed E-state index contributed by atoms with van der Waals surface area (Å²) in [4.78, 5) is 14.3. The Balaban J connectivity index is 2.67. The van der Waals surface area contributed by atoms with Gasteiger partial charge in [0.25, 0.3) is 0 Å². The zero-order valence-electron chi connectivity index (χ0n) is 9.82. The molecular weight excluding hydrogens is 200 g/mol. The van der Waals surface area contributed by atoms with Crippen LogP contribution in [0.5, 0.6) is 0 Å². The third-order valence-corrected chi connectivity index (χ3v) is 2.62. The number of para-hydroxylation sites is 1. The number of hydrogen-bond acceptors (Lipinski definition) is 1. The van der Waals surface area contributed by atoms with E-state index in [9.17, 15) is 4.79 Å². The van der Waals surface area contributed by atoms with E-state index < -0.39 is 0 Å². The molecule has 0 unspecified atom stereocenters. The van der Waals surface area contributed by atoms with Crippen LogP contribution in [0.1, 0.15) is 26.3 Å². The van der Waals surface area contributed by atoms with Crippen molar-refractivity contribution in [2.45, 2.75) is 26.2 Å². The summed E-state index contributed by atoms with van der Waals surface area (Å²) in [6.45, 7) is 6.43. The fourth-order valence-electron chi connectivity index (χ4n) is 1.83. The van der Waals surface area contributed by atoms with Gasteiger partial charge >= 0.3 is 5.69 Å². The van der Waals surface area contributed by atoms with E-state index >= 15 is 0 Å². The smallest absolute Gasteiger partial charge is 0.312 e. The van der Waals surface area contributed by atoms with Crippen molar-refractivity contribution in [1.82, 2.24) is 9.55 Å². The molecule has 2 rings (SSSR count). The van der Waals surface area contributed by atoms with Crippen molar-refractivity contribution in [3.63, 3.8) is 0 Å². The number of aromatic amines is 1. The SMILES string of the molecule is CC(C)(C)c1ccccc1-n1cc[nH]c1=O. The zero-order chi connectivity index (χ0) is 11.8. The third kappa shape index (κ3) is 1.81. The molecule has 0 aliphatic heterocycles. The largest absolute Gasteiger partial charge is 0.330 e.